The van der Waals surface area contributed by atoms with Crippen LogP contribution in [-0.4, -0.2) is 29.3 Å². The third-order valence-electron chi connectivity index (χ3n) is 2.29. The van der Waals surface area contributed by atoms with Crippen LogP contribution in [0, 0.1) is 6.92 Å². The minimum absolute atomic E-state index is 0.108. The molecule has 0 atom stereocenters. The van der Waals surface area contributed by atoms with Crippen molar-refractivity contribution >= 4 is 0 Å². The summed E-state index contributed by atoms with van der Waals surface area (Å²) in [7, 11) is 0. The van der Waals surface area contributed by atoms with Gasteiger partial charge in [-0.25, -0.2) is 6.17 Å². The van der Waals surface area contributed by atoms with Crippen LogP contribution in [0.4, 0.5) is 0 Å². The summed E-state index contributed by atoms with van der Waals surface area (Å²) in [4.78, 5) is 0. The molecule has 5 heteroatoms. The second-order valence-electron chi connectivity index (χ2n) is 8.83. The first-order valence-corrected chi connectivity index (χ1v) is 11.8. The van der Waals surface area contributed by atoms with Gasteiger partial charge in [0.05, 0.1) is 0 Å². The van der Waals surface area contributed by atoms with E-state index in [9.17, 15) is 0 Å². The number of rotatable bonds is 6. The average molecular weight is 452 g/mol. The Hall–Kier alpha value is 0.208. The molecule has 0 aromatic heterocycles. The van der Waals surface area contributed by atoms with Crippen LogP contribution in [0.3, 0.4) is 0 Å². The first-order chi connectivity index (χ1) is 11.7. The SMILES string of the molecule is CC(C)(C)[N]=[Mo]=[N]C(C)(C)C.CCC([N-]C(C)C)[N-]C(C)C.[CH2-]CCC. The van der Waals surface area contributed by atoms with Gasteiger partial charge in [0.15, 0.2) is 0 Å². The van der Waals surface area contributed by atoms with E-state index < -0.39 is 18.2 Å². The Labute approximate surface area is 174 Å². The van der Waals surface area contributed by atoms with Gasteiger partial charge < -0.3 is 17.6 Å². The first kappa shape index (κ1) is 30.9. The molecule has 0 aromatic carbocycles. The van der Waals surface area contributed by atoms with Gasteiger partial charge in [-0.05, 0) is 0 Å². The molecule has 0 spiro atoms. The van der Waals surface area contributed by atoms with Crippen LogP contribution in [0.15, 0.2) is 6.99 Å². The minimum atomic E-state index is -0.473. The molecule has 0 aliphatic carbocycles. The summed E-state index contributed by atoms with van der Waals surface area (Å²) in [6.45, 7) is 29.0. The molecule has 0 radical (unpaired) electrons. The van der Waals surface area contributed by atoms with E-state index in [1.165, 1.54) is 6.42 Å². The fourth-order valence-electron chi connectivity index (χ4n) is 1.20. The molecule has 4 nitrogen and oxygen atoms in total. The monoisotopic (exact) mass is 453 g/mol. The van der Waals surface area contributed by atoms with Gasteiger partial charge in [-0.15, -0.1) is 12.1 Å². The van der Waals surface area contributed by atoms with Crippen LogP contribution >= 0.6 is 0 Å². The van der Waals surface area contributed by atoms with E-state index in [1.54, 1.807) is 0 Å². The molecule has 0 saturated carbocycles. The van der Waals surface area contributed by atoms with Crippen molar-refractivity contribution in [2.45, 2.75) is 132 Å². The predicted molar refractivity (Wildman–Crippen MR) is 116 cm³/mol. The molecule has 26 heavy (non-hydrogen) atoms. The second kappa shape index (κ2) is 17.3. The van der Waals surface area contributed by atoms with E-state index in [4.69, 9.17) is 0 Å². The molecule has 0 unspecified atom stereocenters. The maximum Gasteiger partial charge on any atom is -0.0678 e. The topological polar surface area (TPSA) is 52.9 Å². The summed E-state index contributed by atoms with van der Waals surface area (Å²) >= 11 is -0.473. The molecule has 0 aliphatic rings. The molecule has 0 fully saturated rings. The molecule has 0 amide bonds. The van der Waals surface area contributed by atoms with Crippen molar-refractivity contribution < 1.29 is 18.2 Å². The Bertz CT molecular complexity index is 329. The summed E-state index contributed by atoms with van der Waals surface area (Å²) < 4.78 is 9.01. The van der Waals surface area contributed by atoms with Crippen LogP contribution in [0.25, 0.3) is 10.6 Å². The van der Waals surface area contributed by atoms with Gasteiger partial charge in [0, 0.05) is 0 Å². The third-order valence-corrected chi connectivity index (χ3v) is 5.38. The van der Waals surface area contributed by atoms with E-state index in [1.807, 2.05) is 0 Å². The maximum atomic E-state index is 4.51. The Morgan fingerprint density at radius 2 is 1.12 bits per heavy atom. The van der Waals surface area contributed by atoms with Crippen molar-refractivity contribution in [1.29, 1.82) is 0 Å². The average Bonchev–Trinajstić information content (AvgIpc) is 2.43. The van der Waals surface area contributed by atoms with Crippen LogP contribution in [0.5, 0.6) is 0 Å². The van der Waals surface area contributed by atoms with E-state index in [0.29, 0.717) is 12.1 Å². The van der Waals surface area contributed by atoms with E-state index in [-0.39, 0.29) is 17.2 Å². The summed E-state index contributed by atoms with van der Waals surface area (Å²) in [5.74, 6) is 0. The van der Waals surface area contributed by atoms with Crippen LogP contribution in [-0.2, 0) is 18.2 Å². The molecule has 0 heterocycles. The second-order valence-corrected chi connectivity index (χ2v) is 10.1. The predicted octanol–water partition coefficient (Wildman–Crippen LogP) is 7.94. The minimum Gasteiger partial charge on any atom is -0.676 e. The fraction of sp³-hybridized carbons (Fsp3) is 0.952. The molecule has 0 saturated heterocycles. The Morgan fingerprint density at radius 3 is 1.27 bits per heavy atom. The van der Waals surface area contributed by atoms with Gasteiger partial charge >= 0.3 is 77.8 Å². The summed E-state index contributed by atoms with van der Waals surface area (Å²) in [5.41, 5.74) is 0.216. The molecule has 0 bridgehead atoms. The Balaban J connectivity index is -0.000000338. The first-order valence-electron chi connectivity index (χ1n) is 9.98. The quantitative estimate of drug-likeness (QED) is 0.291. The van der Waals surface area contributed by atoms with Gasteiger partial charge in [-0.1, -0.05) is 54.4 Å². The molecule has 0 aliphatic heterocycles. The molecule has 0 N–H and O–H groups in total. The van der Waals surface area contributed by atoms with Crippen LogP contribution < -0.4 is 0 Å². The van der Waals surface area contributed by atoms with Crippen LogP contribution in [0.2, 0.25) is 0 Å². The number of hydrogen-bond donors (Lipinski definition) is 0. The van der Waals surface area contributed by atoms with Gasteiger partial charge in [0.25, 0.3) is 0 Å². The zero-order chi connectivity index (χ0) is 21.4. The molecule has 0 aromatic rings. The van der Waals surface area contributed by atoms with Crippen molar-refractivity contribution in [2.24, 2.45) is 6.99 Å². The van der Waals surface area contributed by atoms with Crippen LogP contribution in [0.1, 0.15) is 102 Å². The summed E-state index contributed by atoms with van der Waals surface area (Å²) in [5, 5.41) is 8.94. The van der Waals surface area contributed by atoms with Crippen molar-refractivity contribution in [3.05, 3.63) is 17.6 Å². The molecule has 0 rings (SSSR count). The van der Waals surface area contributed by atoms with Crippen molar-refractivity contribution in [3.8, 4) is 0 Å². The fourth-order valence-corrected chi connectivity index (χ4v) is 2.51. The largest absolute Gasteiger partial charge is 0.676 e. The number of unbranched alkanes of at least 4 members (excludes halogenated alkanes) is 1. The van der Waals surface area contributed by atoms with Gasteiger partial charge in [-0.3, -0.25) is 0 Å². The van der Waals surface area contributed by atoms with Crippen molar-refractivity contribution in [1.82, 2.24) is 0 Å². The van der Waals surface area contributed by atoms with Crippen molar-refractivity contribution in [2.75, 3.05) is 0 Å². The van der Waals surface area contributed by atoms with Gasteiger partial charge in [-0.2, -0.15) is 6.42 Å². The van der Waals surface area contributed by atoms with E-state index in [2.05, 4.69) is 108 Å². The van der Waals surface area contributed by atoms with E-state index in [0.717, 1.165) is 12.8 Å². The molecular formula is C21H47MoN4-3. The zero-order valence-electron chi connectivity index (χ0n) is 19.8. The number of nitrogens with zero attached hydrogens (tertiary/aromatic N) is 4. The summed E-state index contributed by atoms with van der Waals surface area (Å²) in [6.07, 6.45) is 3.52. The Morgan fingerprint density at radius 1 is 0.808 bits per heavy atom. The normalized spacial score (nSPS) is 11.5. The third kappa shape index (κ3) is 35.3. The molecule has 160 valence electrons. The van der Waals surface area contributed by atoms with Crippen molar-refractivity contribution in [3.63, 3.8) is 0 Å². The zero-order valence-corrected chi connectivity index (χ0v) is 21.8. The smallest absolute Gasteiger partial charge is 0.0678 e. The standard InChI is InChI=1S/C9H20N2.2C4H9N.C4H9.Mo/c1-6-9(10-7(2)3)11-8(4)5;2*1-4(2,3)5;1-3-4-2;/h7-9H,6H2,1-5H3;2*1-3H3;1,3-4H2,2H3;/q-2;;;-1;. The number of hydrogen-bond acceptors (Lipinski definition) is 2. The van der Waals surface area contributed by atoms with Gasteiger partial charge in [0.2, 0.25) is 0 Å². The molecular weight excluding hydrogens is 404 g/mol. The maximum absolute atomic E-state index is 4.51. The Kier molecular flexibility index (Phi) is 20.6. The van der Waals surface area contributed by atoms with E-state index >= 15 is 0 Å². The summed E-state index contributed by atoms with van der Waals surface area (Å²) in [6, 6.07) is 0.810. The van der Waals surface area contributed by atoms with Gasteiger partial charge in [0.1, 0.15) is 0 Å².